The molecule has 1 aliphatic heterocycles. The molecule has 0 aliphatic carbocycles. The molecule has 140 valence electrons. The Hall–Kier alpha value is -0.980. The highest BCUT2D eigenvalue weighted by Crippen LogP contribution is 2.26. The van der Waals surface area contributed by atoms with E-state index in [9.17, 15) is 4.79 Å². The summed E-state index contributed by atoms with van der Waals surface area (Å²) in [7, 11) is 0. The van der Waals surface area contributed by atoms with Crippen LogP contribution in [0.5, 0.6) is 5.75 Å². The van der Waals surface area contributed by atoms with Crippen molar-refractivity contribution in [3.05, 3.63) is 27.7 Å². The number of carbonyl (C=O) groups excluding carboxylic acids is 1. The van der Waals surface area contributed by atoms with Crippen molar-refractivity contribution in [3.8, 4) is 5.75 Å². The first kappa shape index (κ1) is 20.3. The average Bonchev–Trinajstić information content (AvgIpc) is 2.92. The van der Waals surface area contributed by atoms with Crippen LogP contribution in [-0.4, -0.2) is 48.9 Å². The molecule has 7 heteroatoms. The fourth-order valence-electron chi connectivity index (χ4n) is 2.67. The number of nitrogens with one attached hydrogen (secondary N) is 1. The van der Waals surface area contributed by atoms with Gasteiger partial charge >= 0.3 is 6.09 Å². The monoisotopic (exact) mass is 432 g/mol. The van der Waals surface area contributed by atoms with E-state index in [1.165, 1.54) is 0 Å². The number of ether oxygens (including phenoxy) is 2. The topological polar surface area (TPSA) is 50.8 Å². The van der Waals surface area contributed by atoms with Crippen LogP contribution in [0.4, 0.5) is 4.79 Å². The fourth-order valence-corrected chi connectivity index (χ4v) is 3.09. The Morgan fingerprint density at radius 3 is 2.88 bits per heavy atom. The number of halogens is 2. The van der Waals surface area contributed by atoms with Gasteiger partial charge in [-0.05, 0) is 67.7 Å². The summed E-state index contributed by atoms with van der Waals surface area (Å²) in [5.74, 6) is 0.777. The zero-order valence-electron chi connectivity index (χ0n) is 15.0. The number of likely N-dealkylation sites (tertiary alicyclic amines) is 1. The van der Waals surface area contributed by atoms with Gasteiger partial charge < -0.3 is 19.7 Å². The van der Waals surface area contributed by atoms with Gasteiger partial charge in [-0.15, -0.1) is 0 Å². The minimum atomic E-state index is -0.463. The summed E-state index contributed by atoms with van der Waals surface area (Å²) in [4.78, 5) is 14.1. The molecule has 0 aromatic heterocycles. The number of amides is 1. The summed E-state index contributed by atoms with van der Waals surface area (Å²) in [6, 6.07) is 5.74. The van der Waals surface area contributed by atoms with Gasteiger partial charge in [0.1, 0.15) is 11.4 Å². The lowest BCUT2D eigenvalue weighted by Gasteiger charge is -2.22. The molecular weight excluding hydrogens is 408 g/mol. The standard InChI is InChI=1S/C18H26BrClN2O3/c1-18(2,3)25-17(23)21-13-7-9-22(12-13)8-4-10-24-14-5-6-15(19)16(20)11-14/h5-6,11,13H,4,7-10,12H2,1-3H3,(H,21,23). The summed E-state index contributed by atoms with van der Waals surface area (Å²) in [5.41, 5.74) is -0.463. The summed E-state index contributed by atoms with van der Waals surface area (Å²) in [5, 5.41) is 3.59. The van der Waals surface area contributed by atoms with Crippen LogP contribution in [0, 0.1) is 0 Å². The molecule has 5 nitrogen and oxygen atoms in total. The van der Waals surface area contributed by atoms with E-state index in [2.05, 4.69) is 26.1 Å². The maximum atomic E-state index is 11.8. The Kier molecular flexibility index (Phi) is 7.40. The molecule has 0 saturated carbocycles. The predicted octanol–water partition coefficient (Wildman–Crippen LogP) is 4.47. The molecule has 1 N–H and O–H groups in total. The van der Waals surface area contributed by atoms with Crippen molar-refractivity contribution in [1.29, 1.82) is 0 Å². The first-order valence-corrected chi connectivity index (χ1v) is 9.70. The van der Waals surface area contributed by atoms with Gasteiger partial charge in [-0.3, -0.25) is 0 Å². The van der Waals surface area contributed by atoms with Crippen molar-refractivity contribution in [3.63, 3.8) is 0 Å². The van der Waals surface area contributed by atoms with E-state index in [4.69, 9.17) is 21.1 Å². The summed E-state index contributed by atoms with van der Waals surface area (Å²) >= 11 is 9.41. The van der Waals surface area contributed by atoms with Gasteiger partial charge in [0.2, 0.25) is 0 Å². The maximum absolute atomic E-state index is 11.8. The van der Waals surface area contributed by atoms with Gasteiger partial charge in [-0.25, -0.2) is 4.79 Å². The lowest BCUT2D eigenvalue weighted by atomic mass is 10.2. The largest absolute Gasteiger partial charge is 0.493 e. The third kappa shape index (κ3) is 7.42. The molecule has 25 heavy (non-hydrogen) atoms. The molecule has 1 aliphatic rings. The Morgan fingerprint density at radius 1 is 1.44 bits per heavy atom. The fraction of sp³-hybridized carbons (Fsp3) is 0.611. The van der Waals surface area contributed by atoms with Crippen LogP contribution in [0.15, 0.2) is 22.7 Å². The Morgan fingerprint density at radius 2 is 2.20 bits per heavy atom. The number of rotatable bonds is 6. The molecule has 1 unspecified atom stereocenters. The van der Waals surface area contributed by atoms with Crippen molar-refractivity contribution in [1.82, 2.24) is 10.2 Å². The number of hydrogen-bond donors (Lipinski definition) is 1. The molecule has 1 atom stereocenters. The summed E-state index contributed by atoms with van der Waals surface area (Å²) in [6.07, 6.45) is 1.53. The van der Waals surface area contributed by atoms with E-state index in [-0.39, 0.29) is 12.1 Å². The molecule has 1 aromatic carbocycles. The highest BCUT2D eigenvalue weighted by atomic mass is 79.9. The minimum Gasteiger partial charge on any atom is -0.493 e. The lowest BCUT2D eigenvalue weighted by molar-refractivity contribution is 0.0505. The molecule has 1 aromatic rings. The smallest absolute Gasteiger partial charge is 0.407 e. The van der Waals surface area contributed by atoms with Gasteiger partial charge in [0.25, 0.3) is 0 Å². The van der Waals surface area contributed by atoms with Gasteiger partial charge in [0, 0.05) is 30.1 Å². The Bertz CT molecular complexity index is 592. The number of hydrogen-bond acceptors (Lipinski definition) is 4. The molecule has 2 rings (SSSR count). The second-order valence-corrected chi connectivity index (χ2v) is 8.47. The Balaban J connectivity index is 1.63. The number of nitrogens with zero attached hydrogens (tertiary/aromatic N) is 1. The van der Waals surface area contributed by atoms with E-state index in [0.717, 1.165) is 42.7 Å². The van der Waals surface area contributed by atoms with Crippen LogP contribution in [0.2, 0.25) is 5.02 Å². The highest BCUT2D eigenvalue weighted by molar-refractivity contribution is 9.10. The first-order chi connectivity index (χ1) is 11.7. The predicted molar refractivity (Wildman–Crippen MR) is 103 cm³/mol. The van der Waals surface area contributed by atoms with Crippen molar-refractivity contribution in [2.24, 2.45) is 0 Å². The highest BCUT2D eigenvalue weighted by Gasteiger charge is 2.25. The van der Waals surface area contributed by atoms with Crippen molar-refractivity contribution >= 4 is 33.6 Å². The molecule has 1 amide bonds. The molecule has 0 bridgehead atoms. The molecular formula is C18H26BrClN2O3. The second-order valence-electron chi connectivity index (χ2n) is 7.21. The van der Waals surface area contributed by atoms with Crippen LogP contribution in [0.1, 0.15) is 33.6 Å². The molecule has 1 heterocycles. The minimum absolute atomic E-state index is 0.154. The van der Waals surface area contributed by atoms with Gasteiger partial charge in [0.15, 0.2) is 0 Å². The zero-order valence-corrected chi connectivity index (χ0v) is 17.3. The SMILES string of the molecule is CC(C)(C)OC(=O)NC1CCN(CCCOc2ccc(Br)c(Cl)c2)C1. The van der Waals surface area contributed by atoms with E-state index < -0.39 is 5.60 Å². The molecule has 1 saturated heterocycles. The quantitative estimate of drug-likeness (QED) is 0.673. The number of carbonyl (C=O) groups is 1. The van der Waals surface area contributed by atoms with Crippen LogP contribution in [0.25, 0.3) is 0 Å². The van der Waals surface area contributed by atoms with Gasteiger partial charge in [0.05, 0.1) is 11.6 Å². The van der Waals surface area contributed by atoms with Gasteiger partial charge in [-0.1, -0.05) is 11.6 Å². The molecule has 0 radical (unpaired) electrons. The van der Waals surface area contributed by atoms with E-state index >= 15 is 0 Å². The third-order valence-electron chi connectivity index (χ3n) is 3.77. The summed E-state index contributed by atoms with van der Waals surface area (Å²) < 4.78 is 11.9. The third-order valence-corrected chi connectivity index (χ3v) is 5.00. The van der Waals surface area contributed by atoms with E-state index in [0.29, 0.717) is 11.6 Å². The number of alkyl carbamates (subject to hydrolysis) is 1. The number of benzene rings is 1. The Labute approximate surface area is 163 Å². The van der Waals surface area contributed by atoms with Crippen LogP contribution < -0.4 is 10.1 Å². The second kappa shape index (κ2) is 9.10. The normalized spacial score (nSPS) is 18.2. The van der Waals surface area contributed by atoms with E-state index in [1.807, 2.05) is 39.0 Å². The van der Waals surface area contributed by atoms with Crippen molar-refractivity contribution in [2.75, 3.05) is 26.2 Å². The molecule has 0 spiro atoms. The maximum Gasteiger partial charge on any atom is 0.407 e. The van der Waals surface area contributed by atoms with Crippen LogP contribution >= 0.6 is 27.5 Å². The average molecular weight is 434 g/mol. The van der Waals surface area contributed by atoms with Crippen molar-refractivity contribution < 1.29 is 14.3 Å². The van der Waals surface area contributed by atoms with E-state index in [1.54, 1.807) is 0 Å². The lowest BCUT2D eigenvalue weighted by Crippen LogP contribution is -2.40. The van der Waals surface area contributed by atoms with Crippen molar-refractivity contribution in [2.45, 2.75) is 45.3 Å². The first-order valence-electron chi connectivity index (χ1n) is 8.53. The molecule has 1 fully saturated rings. The van der Waals surface area contributed by atoms with Crippen LogP contribution in [-0.2, 0) is 4.74 Å². The summed E-state index contributed by atoms with van der Waals surface area (Å²) in [6.45, 7) is 9.01. The van der Waals surface area contributed by atoms with Gasteiger partial charge in [-0.2, -0.15) is 0 Å². The zero-order chi connectivity index (χ0) is 18.4. The van der Waals surface area contributed by atoms with Crippen LogP contribution in [0.3, 0.4) is 0 Å².